The molecule has 1 aliphatic rings. The van der Waals surface area contributed by atoms with E-state index in [1.807, 2.05) is 65.4 Å². The number of anilines is 1. The molecule has 7 nitrogen and oxygen atoms in total. The Bertz CT molecular complexity index is 1380. The van der Waals surface area contributed by atoms with Crippen LogP contribution >= 0.6 is 11.6 Å². The third-order valence-corrected chi connectivity index (χ3v) is 6.52. The highest BCUT2D eigenvalue weighted by molar-refractivity contribution is 6.30. The van der Waals surface area contributed by atoms with Crippen LogP contribution in [0.2, 0.25) is 5.02 Å². The minimum Gasteiger partial charge on any atom is -0.497 e. The van der Waals surface area contributed by atoms with Crippen LogP contribution in [-0.2, 0) is 4.79 Å². The largest absolute Gasteiger partial charge is 0.497 e. The molecule has 2 amide bonds. The highest BCUT2D eigenvalue weighted by Crippen LogP contribution is 2.30. The number of ether oxygens (including phenoxy) is 1. The van der Waals surface area contributed by atoms with Crippen LogP contribution in [0.1, 0.15) is 23.2 Å². The molecule has 4 aromatic rings. The van der Waals surface area contributed by atoms with Crippen LogP contribution in [0.25, 0.3) is 16.9 Å². The number of nitrogens with zero attached hydrogens (tertiary/aromatic N) is 3. The summed E-state index contributed by atoms with van der Waals surface area (Å²) in [6.45, 7) is 0.500. The Morgan fingerprint density at radius 3 is 2.38 bits per heavy atom. The van der Waals surface area contributed by atoms with E-state index in [1.54, 1.807) is 36.3 Å². The topological polar surface area (TPSA) is 76.5 Å². The van der Waals surface area contributed by atoms with E-state index in [-0.39, 0.29) is 18.4 Å². The van der Waals surface area contributed by atoms with Crippen LogP contribution in [0.5, 0.6) is 5.75 Å². The van der Waals surface area contributed by atoms with E-state index in [0.717, 1.165) is 29.8 Å². The van der Waals surface area contributed by atoms with Crippen molar-refractivity contribution in [2.75, 3.05) is 25.5 Å². The van der Waals surface area contributed by atoms with Gasteiger partial charge in [-0.2, -0.15) is 0 Å². The van der Waals surface area contributed by atoms with Crippen LogP contribution in [0, 0.1) is 5.92 Å². The number of hydrogen-bond acceptors (Lipinski definition) is 4. The van der Waals surface area contributed by atoms with Gasteiger partial charge in [0.2, 0.25) is 11.9 Å². The lowest BCUT2D eigenvalue weighted by molar-refractivity contribution is -0.117. The Kier molecular flexibility index (Phi) is 7.23. The summed E-state index contributed by atoms with van der Waals surface area (Å²) in [6.07, 6.45) is 4.01. The molecule has 0 spiro atoms. The van der Waals surface area contributed by atoms with Gasteiger partial charge in [0.25, 0.3) is 5.91 Å². The van der Waals surface area contributed by atoms with Gasteiger partial charge in [0.05, 0.1) is 12.8 Å². The molecule has 0 bridgehead atoms. The van der Waals surface area contributed by atoms with Gasteiger partial charge in [0.1, 0.15) is 12.3 Å². The van der Waals surface area contributed by atoms with E-state index >= 15 is 0 Å². The summed E-state index contributed by atoms with van der Waals surface area (Å²) in [5.74, 6) is 1.07. The molecule has 0 unspecified atom stereocenters. The number of amides is 2. The molecule has 8 heteroatoms. The first kappa shape index (κ1) is 24.6. The zero-order valence-corrected chi connectivity index (χ0v) is 21.2. The Balaban J connectivity index is 1.41. The predicted octanol–water partition coefficient (Wildman–Crippen LogP) is 5.69. The van der Waals surface area contributed by atoms with Crippen LogP contribution in [0.3, 0.4) is 0 Å². The first-order valence-electron chi connectivity index (χ1n) is 12.1. The second kappa shape index (κ2) is 10.9. The molecule has 37 heavy (non-hydrogen) atoms. The lowest BCUT2D eigenvalue weighted by Gasteiger charge is -2.22. The summed E-state index contributed by atoms with van der Waals surface area (Å²) in [6, 6.07) is 23.9. The molecule has 1 fully saturated rings. The van der Waals surface area contributed by atoms with Gasteiger partial charge in [-0.15, -0.1) is 0 Å². The zero-order chi connectivity index (χ0) is 25.8. The molecule has 1 N–H and O–H groups in total. The highest BCUT2D eigenvalue weighted by atomic mass is 35.5. The first-order chi connectivity index (χ1) is 18.0. The van der Waals surface area contributed by atoms with Crippen molar-refractivity contribution in [2.45, 2.75) is 12.8 Å². The molecular formula is C29H27ClN4O3. The van der Waals surface area contributed by atoms with Crippen molar-refractivity contribution in [2.24, 2.45) is 5.92 Å². The number of carbonyl (C=O) groups excluding carboxylic acids is 2. The van der Waals surface area contributed by atoms with E-state index in [2.05, 4.69) is 5.32 Å². The lowest BCUT2D eigenvalue weighted by Crippen LogP contribution is -2.39. The van der Waals surface area contributed by atoms with Gasteiger partial charge in [-0.25, -0.2) is 4.98 Å². The minimum absolute atomic E-state index is 0.0595. The lowest BCUT2D eigenvalue weighted by atomic mass is 10.2. The SMILES string of the molecule is COc1ccc(-n2cc(-c3ccc(Cl)cc3)nc2NC(=O)CN(CC2CC2)C(=O)c2ccccc2)cc1. The molecule has 0 aliphatic heterocycles. The van der Waals surface area contributed by atoms with Gasteiger partial charge in [-0.1, -0.05) is 41.9 Å². The van der Waals surface area contributed by atoms with Gasteiger partial charge in [0, 0.05) is 34.6 Å². The fourth-order valence-corrected chi connectivity index (χ4v) is 4.23. The Morgan fingerprint density at radius 1 is 1.03 bits per heavy atom. The normalized spacial score (nSPS) is 12.7. The van der Waals surface area contributed by atoms with E-state index < -0.39 is 0 Å². The van der Waals surface area contributed by atoms with E-state index in [4.69, 9.17) is 21.3 Å². The number of rotatable bonds is 9. The fourth-order valence-electron chi connectivity index (χ4n) is 4.10. The van der Waals surface area contributed by atoms with Crippen molar-refractivity contribution >= 4 is 29.4 Å². The third-order valence-electron chi connectivity index (χ3n) is 6.27. The number of imidazole rings is 1. The molecule has 0 radical (unpaired) electrons. The second-order valence-corrected chi connectivity index (χ2v) is 9.50. The third kappa shape index (κ3) is 6.01. The Hall–Kier alpha value is -4.10. The number of hydrogen-bond donors (Lipinski definition) is 1. The van der Waals surface area contributed by atoms with Crippen molar-refractivity contribution in [3.8, 4) is 22.7 Å². The summed E-state index contributed by atoms with van der Waals surface area (Å²) in [4.78, 5) is 32.7. The summed E-state index contributed by atoms with van der Waals surface area (Å²) < 4.78 is 7.09. The van der Waals surface area contributed by atoms with Gasteiger partial charge in [-0.3, -0.25) is 19.5 Å². The molecule has 188 valence electrons. The molecule has 0 atom stereocenters. The minimum atomic E-state index is -0.312. The van der Waals surface area contributed by atoms with E-state index in [0.29, 0.717) is 34.7 Å². The monoisotopic (exact) mass is 514 g/mol. The first-order valence-corrected chi connectivity index (χ1v) is 12.5. The van der Waals surface area contributed by atoms with Crippen molar-refractivity contribution in [1.82, 2.24) is 14.5 Å². The average molecular weight is 515 g/mol. The molecule has 5 rings (SSSR count). The summed E-state index contributed by atoms with van der Waals surface area (Å²) in [5, 5.41) is 3.56. The Labute approximate surface area is 220 Å². The van der Waals surface area contributed by atoms with Gasteiger partial charge < -0.3 is 9.64 Å². The molecule has 1 aromatic heterocycles. The average Bonchev–Trinajstić information content (AvgIpc) is 3.66. The quantitative estimate of drug-likeness (QED) is 0.311. The molecule has 0 saturated heterocycles. The molecule has 1 heterocycles. The summed E-state index contributed by atoms with van der Waals surface area (Å²) in [7, 11) is 1.61. The predicted molar refractivity (Wildman–Crippen MR) is 144 cm³/mol. The van der Waals surface area contributed by atoms with Gasteiger partial charge in [0.15, 0.2) is 0 Å². The van der Waals surface area contributed by atoms with Crippen LogP contribution in [-0.4, -0.2) is 46.5 Å². The van der Waals surface area contributed by atoms with E-state index in [9.17, 15) is 9.59 Å². The maximum atomic E-state index is 13.2. The second-order valence-electron chi connectivity index (χ2n) is 9.07. The number of halogens is 1. The maximum absolute atomic E-state index is 13.2. The number of aromatic nitrogens is 2. The fraction of sp³-hybridized carbons (Fsp3) is 0.207. The molecule has 1 saturated carbocycles. The number of nitrogens with one attached hydrogen (secondary N) is 1. The zero-order valence-electron chi connectivity index (χ0n) is 20.4. The summed E-state index contributed by atoms with van der Waals surface area (Å²) >= 11 is 6.06. The van der Waals surface area contributed by atoms with Crippen molar-refractivity contribution in [3.63, 3.8) is 0 Å². The molecule has 1 aliphatic carbocycles. The standard InChI is InChI=1S/C29H27ClN4O3/c1-37-25-15-13-24(14-16-25)34-18-26(21-9-11-23(30)12-10-21)31-29(34)32-27(35)19-33(17-20-7-8-20)28(36)22-5-3-2-4-6-22/h2-6,9-16,18,20H,7-8,17,19H2,1H3,(H,31,32,35). The molecule has 3 aromatic carbocycles. The maximum Gasteiger partial charge on any atom is 0.254 e. The summed E-state index contributed by atoms with van der Waals surface area (Å²) in [5.41, 5.74) is 2.92. The van der Waals surface area contributed by atoms with Crippen LogP contribution in [0.4, 0.5) is 5.95 Å². The number of benzene rings is 3. The van der Waals surface area contributed by atoms with Crippen molar-refractivity contribution in [1.29, 1.82) is 0 Å². The van der Waals surface area contributed by atoms with Crippen LogP contribution in [0.15, 0.2) is 85.1 Å². The van der Waals surface area contributed by atoms with Gasteiger partial charge in [-0.05, 0) is 67.3 Å². The number of carbonyl (C=O) groups is 2. The van der Waals surface area contributed by atoms with Crippen LogP contribution < -0.4 is 10.1 Å². The number of methoxy groups -OCH3 is 1. The van der Waals surface area contributed by atoms with E-state index in [1.165, 1.54) is 0 Å². The van der Waals surface area contributed by atoms with Crippen molar-refractivity contribution in [3.05, 3.63) is 95.6 Å². The smallest absolute Gasteiger partial charge is 0.254 e. The van der Waals surface area contributed by atoms with Gasteiger partial charge >= 0.3 is 0 Å². The molecular weight excluding hydrogens is 488 g/mol. The van der Waals surface area contributed by atoms with Crippen molar-refractivity contribution < 1.29 is 14.3 Å². The Morgan fingerprint density at radius 2 is 1.73 bits per heavy atom. The highest BCUT2D eigenvalue weighted by Gasteiger charge is 2.29.